The van der Waals surface area contributed by atoms with Gasteiger partial charge in [0, 0.05) is 37.0 Å². The van der Waals surface area contributed by atoms with Gasteiger partial charge in [0.15, 0.2) is 5.82 Å². The molecule has 2 aromatic heterocycles. The number of nitrogens with one attached hydrogen (secondary N) is 1. The molecule has 0 saturated carbocycles. The summed E-state index contributed by atoms with van der Waals surface area (Å²) in [6, 6.07) is 7.79. The third-order valence-electron chi connectivity index (χ3n) is 5.34. The fraction of sp³-hybridized carbons (Fsp3) is 0.364. The highest BCUT2D eigenvalue weighted by Gasteiger charge is 2.18. The van der Waals surface area contributed by atoms with E-state index in [1.54, 1.807) is 23.1 Å². The zero-order valence-corrected chi connectivity index (χ0v) is 17.6. The van der Waals surface area contributed by atoms with Gasteiger partial charge in [0.1, 0.15) is 18.0 Å². The van der Waals surface area contributed by atoms with Crippen molar-refractivity contribution in [1.82, 2.24) is 19.7 Å². The molecule has 0 atom stereocenters. The Morgan fingerprint density at radius 2 is 1.94 bits per heavy atom. The van der Waals surface area contributed by atoms with Crippen LogP contribution in [0.5, 0.6) is 0 Å². The fourth-order valence-corrected chi connectivity index (χ4v) is 3.71. The van der Waals surface area contributed by atoms with E-state index in [4.69, 9.17) is 4.74 Å². The average molecular weight is 424 g/mol. The van der Waals surface area contributed by atoms with Crippen LogP contribution in [-0.2, 0) is 16.0 Å². The van der Waals surface area contributed by atoms with E-state index in [1.807, 2.05) is 19.9 Å². The predicted octanol–water partition coefficient (Wildman–Crippen LogP) is 2.83. The molecule has 0 aliphatic carbocycles. The summed E-state index contributed by atoms with van der Waals surface area (Å²) in [7, 11) is 0. The highest BCUT2D eigenvalue weighted by atomic mass is 19.1. The summed E-state index contributed by atoms with van der Waals surface area (Å²) in [6.45, 7) is 6.84. The summed E-state index contributed by atoms with van der Waals surface area (Å²) in [5.74, 6) is 0.977. The molecule has 1 aromatic carbocycles. The molecule has 1 N–H and O–H groups in total. The first-order chi connectivity index (χ1) is 15.0. The monoisotopic (exact) mass is 424 g/mol. The predicted molar refractivity (Wildman–Crippen MR) is 115 cm³/mol. The molecule has 31 heavy (non-hydrogen) atoms. The minimum absolute atomic E-state index is 0.172. The van der Waals surface area contributed by atoms with Gasteiger partial charge >= 0.3 is 0 Å². The van der Waals surface area contributed by atoms with Gasteiger partial charge in [-0.05, 0) is 44.0 Å². The number of carbonyl (C=O) groups excluding carboxylic acids is 1. The number of ether oxygens (including phenoxy) is 1. The van der Waals surface area contributed by atoms with Crippen molar-refractivity contribution in [2.75, 3.05) is 36.5 Å². The first-order valence-corrected chi connectivity index (χ1v) is 10.3. The number of benzene rings is 1. The number of hydrogen-bond donors (Lipinski definition) is 1. The Hall–Kier alpha value is -3.33. The average Bonchev–Trinajstić information content (AvgIpc) is 3.06. The van der Waals surface area contributed by atoms with Crippen molar-refractivity contribution < 1.29 is 13.9 Å². The van der Waals surface area contributed by atoms with Crippen molar-refractivity contribution in [2.24, 2.45) is 0 Å². The van der Waals surface area contributed by atoms with Gasteiger partial charge < -0.3 is 15.0 Å². The maximum atomic E-state index is 13.3. The third kappa shape index (κ3) is 4.88. The smallest absolute Gasteiger partial charge is 0.224 e. The van der Waals surface area contributed by atoms with Crippen molar-refractivity contribution in [3.63, 3.8) is 0 Å². The number of aromatic nitrogens is 4. The molecule has 8 nitrogen and oxygen atoms in total. The van der Waals surface area contributed by atoms with Crippen LogP contribution < -0.4 is 10.2 Å². The van der Waals surface area contributed by atoms with E-state index in [-0.39, 0.29) is 18.1 Å². The standard InChI is InChI=1S/C22H25FN6O2/c1-15-19(6-7-22(30)26-18-5-3-4-17(23)12-18)16(2)29(27-15)21-13-20(24-14-25-21)28-8-10-31-11-9-28/h3-5,12-14H,6-11H2,1-2H3,(H,26,30). The summed E-state index contributed by atoms with van der Waals surface area (Å²) in [4.78, 5) is 23.3. The van der Waals surface area contributed by atoms with Gasteiger partial charge in [-0.15, -0.1) is 0 Å². The van der Waals surface area contributed by atoms with E-state index in [0.29, 0.717) is 31.1 Å². The van der Waals surface area contributed by atoms with E-state index in [1.165, 1.54) is 12.1 Å². The quantitative estimate of drug-likeness (QED) is 0.655. The Balaban J connectivity index is 1.47. The highest BCUT2D eigenvalue weighted by Crippen LogP contribution is 2.21. The van der Waals surface area contributed by atoms with E-state index in [9.17, 15) is 9.18 Å². The molecule has 1 saturated heterocycles. The lowest BCUT2D eigenvalue weighted by Gasteiger charge is -2.27. The summed E-state index contributed by atoms with van der Waals surface area (Å²) >= 11 is 0. The second-order valence-corrected chi connectivity index (χ2v) is 7.45. The van der Waals surface area contributed by atoms with Gasteiger partial charge in [-0.1, -0.05) is 6.07 Å². The number of rotatable bonds is 6. The van der Waals surface area contributed by atoms with Gasteiger partial charge in [0.25, 0.3) is 0 Å². The van der Waals surface area contributed by atoms with E-state index in [2.05, 4.69) is 25.3 Å². The largest absolute Gasteiger partial charge is 0.378 e. The molecule has 162 valence electrons. The first-order valence-electron chi connectivity index (χ1n) is 10.3. The van der Waals surface area contributed by atoms with Gasteiger partial charge in [-0.3, -0.25) is 4.79 Å². The van der Waals surface area contributed by atoms with Crippen LogP contribution in [0.15, 0.2) is 36.7 Å². The summed E-state index contributed by atoms with van der Waals surface area (Å²) in [5.41, 5.74) is 3.23. The van der Waals surface area contributed by atoms with Crippen molar-refractivity contribution in [1.29, 1.82) is 0 Å². The van der Waals surface area contributed by atoms with Crippen LogP contribution in [0, 0.1) is 19.7 Å². The fourth-order valence-electron chi connectivity index (χ4n) is 3.71. The highest BCUT2D eigenvalue weighted by molar-refractivity contribution is 5.90. The van der Waals surface area contributed by atoms with Crippen molar-refractivity contribution >= 4 is 17.4 Å². The van der Waals surface area contributed by atoms with E-state index in [0.717, 1.165) is 35.9 Å². The number of carbonyl (C=O) groups is 1. The van der Waals surface area contributed by atoms with Crippen LogP contribution in [-0.4, -0.2) is 52.0 Å². The lowest BCUT2D eigenvalue weighted by Crippen LogP contribution is -2.36. The van der Waals surface area contributed by atoms with Crippen LogP contribution in [0.2, 0.25) is 0 Å². The molecule has 0 radical (unpaired) electrons. The zero-order chi connectivity index (χ0) is 21.8. The lowest BCUT2D eigenvalue weighted by atomic mass is 10.1. The Bertz CT molecular complexity index is 1080. The summed E-state index contributed by atoms with van der Waals surface area (Å²) in [5, 5.41) is 7.37. The van der Waals surface area contributed by atoms with Crippen LogP contribution in [0.4, 0.5) is 15.9 Å². The number of amides is 1. The molecule has 0 spiro atoms. The molecule has 3 aromatic rings. The molecule has 4 rings (SSSR count). The van der Waals surface area contributed by atoms with Crippen LogP contribution in [0.25, 0.3) is 5.82 Å². The SMILES string of the molecule is Cc1nn(-c2cc(N3CCOCC3)ncn2)c(C)c1CCC(=O)Nc1cccc(F)c1. The lowest BCUT2D eigenvalue weighted by molar-refractivity contribution is -0.116. The molecule has 1 aliphatic heterocycles. The zero-order valence-electron chi connectivity index (χ0n) is 17.6. The van der Waals surface area contributed by atoms with Crippen molar-refractivity contribution in [3.05, 3.63) is 59.4 Å². The van der Waals surface area contributed by atoms with Gasteiger partial charge in [0.05, 0.1) is 18.9 Å². The van der Waals surface area contributed by atoms with Crippen LogP contribution >= 0.6 is 0 Å². The number of anilines is 2. The maximum Gasteiger partial charge on any atom is 0.224 e. The molecule has 1 aliphatic rings. The second kappa shape index (κ2) is 9.22. The number of aryl methyl sites for hydroxylation is 1. The number of nitrogens with zero attached hydrogens (tertiary/aromatic N) is 5. The molecular formula is C22H25FN6O2. The van der Waals surface area contributed by atoms with Crippen molar-refractivity contribution in [3.8, 4) is 5.82 Å². The molecule has 1 fully saturated rings. The van der Waals surface area contributed by atoms with Crippen LogP contribution in [0.3, 0.4) is 0 Å². The Labute approximate surface area is 180 Å². The molecule has 3 heterocycles. The van der Waals surface area contributed by atoms with Crippen molar-refractivity contribution in [2.45, 2.75) is 26.7 Å². The maximum absolute atomic E-state index is 13.3. The molecule has 1 amide bonds. The van der Waals surface area contributed by atoms with Gasteiger partial charge in [0.2, 0.25) is 5.91 Å². The minimum Gasteiger partial charge on any atom is -0.378 e. The number of morpholine rings is 1. The molecule has 9 heteroatoms. The molecular weight excluding hydrogens is 399 g/mol. The topological polar surface area (TPSA) is 85.2 Å². The number of halogens is 1. The Kier molecular flexibility index (Phi) is 6.22. The third-order valence-corrected chi connectivity index (χ3v) is 5.34. The van der Waals surface area contributed by atoms with Gasteiger partial charge in [-0.25, -0.2) is 19.0 Å². The molecule has 0 bridgehead atoms. The Morgan fingerprint density at radius 1 is 1.16 bits per heavy atom. The second-order valence-electron chi connectivity index (χ2n) is 7.45. The van der Waals surface area contributed by atoms with Crippen LogP contribution in [0.1, 0.15) is 23.4 Å². The summed E-state index contributed by atoms with van der Waals surface area (Å²) in [6.07, 6.45) is 2.34. The molecule has 0 unspecified atom stereocenters. The minimum atomic E-state index is -0.382. The number of hydrogen-bond acceptors (Lipinski definition) is 6. The Morgan fingerprint density at radius 3 is 2.71 bits per heavy atom. The van der Waals surface area contributed by atoms with Gasteiger partial charge in [-0.2, -0.15) is 5.10 Å². The normalized spacial score (nSPS) is 14.0. The van der Waals surface area contributed by atoms with E-state index >= 15 is 0 Å². The first kappa shape index (κ1) is 20.9. The van der Waals surface area contributed by atoms with E-state index < -0.39 is 0 Å². The summed E-state index contributed by atoms with van der Waals surface area (Å²) < 4.78 is 20.5.